The second-order valence-electron chi connectivity index (χ2n) is 9.24. The second-order valence-corrected chi connectivity index (χ2v) is 9.24. The quantitative estimate of drug-likeness (QED) is 0.593. The third-order valence-corrected chi connectivity index (χ3v) is 7.26. The van der Waals surface area contributed by atoms with Crippen molar-refractivity contribution in [2.45, 2.75) is 38.3 Å². The Morgan fingerprint density at radius 1 is 1.21 bits per heavy atom. The number of piperazine rings is 1. The highest BCUT2D eigenvalue weighted by Gasteiger charge is 2.33. The highest BCUT2D eigenvalue weighted by Crippen LogP contribution is 2.40. The molecule has 1 aliphatic carbocycles. The molecule has 1 amide bonds. The lowest BCUT2D eigenvalue weighted by molar-refractivity contribution is -0.124. The fourth-order valence-corrected chi connectivity index (χ4v) is 5.18. The van der Waals surface area contributed by atoms with Gasteiger partial charge in [-0.3, -0.25) is 4.79 Å². The molecule has 2 aliphatic heterocycles. The molecule has 5 rings (SSSR count). The van der Waals surface area contributed by atoms with E-state index in [4.69, 9.17) is 16.3 Å². The Morgan fingerprint density at radius 3 is 2.79 bits per heavy atom. The van der Waals surface area contributed by atoms with Gasteiger partial charge in [0.15, 0.2) is 0 Å². The van der Waals surface area contributed by atoms with Crippen molar-refractivity contribution in [3.05, 3.63) is 54.0 Å². The molecule has 2 fully saturated rings. The van der Waals surface area contributed by atoms with Crippen LogP contribution in [0, 0.1) is 5.92 Å². The summed E-state index contributed by atoms with van der Waals surface area (Å²) < 4.78 is 5.52. The Balaban J connectivity index is 0.00000289. The van der Waals surface area contributed by atoms with Crippen molar-refractivity contribution >= 4 is 28.8 Å². The summed E-state index contributed by atoms with van der Waals surface area (Å²) in [5.74, 6) is 7.01. The van der Waals surface area contributed by atoms with Gasteiger partial charge in [0.05, 0.1) is 42.8 Å². The Morgan fingerprint density at radius 2 is 2.03 bits per heavy atom. The molecule has 1 aromatic carbocycles. The molecule has 3 aliphatic rings. The number of rotatable bonds is 3. The topological polar surface area (TPSA) is 113 Å². The van der Waals surface area contributed by atoms with Gasteiger partial charge >= 0.3 is 0 Å². The van der Waals surface area contributed by atoms with Crippen molar-refractivity contribution in [1.29, 1.82) is 0 Å². The lowest BCUT2D eigenvalue weighted by Gasteiger charge is -2.37. The zero-order valence-electron chi connectivity index (χ0n) is 19.6. The fraction of sp³-hybridized carbons (Fsp3) is 0.440. The standard InChI is InChI=1S/C25H33N7O2.H2/c1-34-21-7-4-17(5-8-21)25(33)31-15-18-3-2-10-28-24(18)29-22-9-6-19(13-23(22)31)30-11-12-32(27)20(14-26)16-30;/h2-3,6,9-10,13-14,17,21H,4-5,7-8,11-12,15-16,26-27H2,1H3,(H,28,29);1H/b20-14-;. The third-order valence-electron chi connectivity index (χ3n) is 7.26. The number of aromatic nitrogens is 1. The number of pyridine rings is 1. The van der Waals surface area contributed by atoms with Crippen LogP contribution >= 0.6 is 0 Å². The van der Waals surface area contributed by atoms with E-state index in [1.807, 2.05) is 23.1 Å². The number of nitrogens with zero attached hydrogens (tertiary/aromatic N) is 4. The summed E-state index contributed by atoms with van der Waals surface area (Å²) in [7, 11) is 1.75. The molecule has 0 radical (unpaired) electrons. The average Bonchev–Trinajstić information content (AvgIpc) is 3.05. The summed E-state index contributed by atoms with van der Waals surface area (Å²) in [6.07, 6.45) is 7.12. The molecule has 3 heterocycles. The molecule has 0 spiro atoms. The largest absolute Gasteiger partial charge is 0.403 e. The first-order valence-corrected chi connectivity index (χ1v) is 11.9. The summed E-state index contributed by atoms with van der Waals surface area (Å²) >= 11 is 0. The Bertz CT molecular complexity index is 1090. The van der Waals surface area contributed by atoms with E-state index in [9.17, 15) is 4.79 Å². The first-order valence-electron chi connectivity index (χ1n) is 11.9. The summed E-state index contributed by atoms with van der Waals surface area (Å²) in [6.45, 7) is 2.56. The van der Waals surface area contributed by atoms with Crippen molar-refractivity contribution in [2.24, 2.45) is 17.5 Å². The van der Waals surface area contributed by atoms with Crippen molar-refractivity contribution in [3.63, 3.8) is 0 Å². The van der Waals surface area contributed by atoms with E-state index in [1.165, 1.54) is 0 Å². The van der Waals surface area contributed by atoms with Crippen LogP contribution < -0.4 is 26.7 Å². The van der Waals surface area contributed by atoms with Crippen LogP contribution in [-0.4, -0.2) is 48.7 Å². The normalized spacial score (nSPS) is 23.7. The van der Waals surface area contributed by atoms with Crippen LogP contribution in [-0.2, 0) is 16.1 Å². The summed E-state index contributed by atoms with van der Waals surface area (Å²) in [4.78, 5) is 22.6. The van der Waals surface area contributed by atoms with Gasteiger partial charge in [-0.25, -0.2) is 10.8 Å². The number of hydrazine groups is 1. The molecule has 34 heavy (non-hydrogen) atoms. The predicted molar refractivity (Wildman–Crippen MR) is 135 cm³/mol. The number of nitrogens with one attached hydrogen (secondary N) is 1. The second kappa shape index (κ2) is 9.52. The monoisotopic (exact) mass is 465 g/mol. The Kier molecular flexibility index (Phi) is 6.30. The van der Waals surface area contributed by atoms with E-state index in [0.29, 0.717) is 19.6 Å². The van der Waals surface area contributed by atoms with Crippen LogP contribution in [0.3, 0.4) is 0 Å². The first-order chi connectivity index (χ1) is 16.6. The van der Waals surface area contributed by atoms with Crippen LogP contribution in [0.2, 0.25) is 0 Å². The molecule has 2 aromatic rings. The van der Waals surface area contributed by atoms with E-state index in [2.05, 4.69) is 27.3 Å². The summed E-state index contributed by atoms with van der Waals surface area (Å²) in [6, 6.07) is 10.2. The van der Waals surface area contributed by atoms with Crippen molar-refractivity contribution in [1.82, 2.24) is 9.99 Å². The van der Waals surface area contributed by atoms with Gasteiger partial charge in [0, 0.05) is 44.6 Å². The van der Waals surface area contributed by atoms with Gasteiger partial charge in [0.1, 0.15) is 5.82 Å². The number of amides is 1. The fourth-order valence-electron chi connectivity index (χ4n) is 5.18. The molecular weight excluding hydrogens is 430 g/mol. The maximum absolute atomic E-state index is 13.9. The highest BCUT2D eigenvalue weighted by atomic mass is 16.5. The minimum absolute atomic E-state index is 0. The number of anilines is 4. The molecule has 1 saturated carbocycles. The molecule has 182 valence electrons. The highest BCUT2D eigenvalue weighted by molar-refractivity contribution is 6.00. The number of benzene rings is 1. The first kappa shape index (κ1) is 22.5. The molecule has 9 heteroatoms. The molecule has 0 atom stereocenters. The average molecular weight is 466 g/mol. The number of nitrogens with two attached hydrogens (primary N) is 2. The molecule has 0 unspecified atom stereocenters. The lowest BCUT2D eigenvalue weighted by Crippen LogP contribution is -2.48. The zero-order valence-corrected chi connectivity index (χ0v) is 19.6. The van der Waals surface area contributed by atoms with Crippen LogP contribution in [0.5, 0.6) is 0 Å². The van der Waals surface area contributed by atoms with E-state index in [1.54, 1.807) is 24.5 Å². The van der Waals surface area contributed by atoms with Gasteiger partial charge in [-0.2, -0.15) is 0 Å². The van der Waals surface area contributed by atoms with Gasteiger partial charge in [-0.1, -0.05) is 6.07 Å². The van der Waals surface area contributed by atoms with Crippen LogP contribution in [0.1, 0.15) is 32.7 Å². The minimum atomic E-state index is -0.00584. The van der Waals surface area contributed by atoms with Gasteiger partial charge in [-0.05, 0) is 49.9 Å². The number of hydrogen-bond acceptors (Lipinski definition) is 8. The smallest absolute Gasteiger partial charge is 0.230 e. The van der Waals surface area contributed by atoms with Crippen LogP contribution in [0.15, 0.2) is 48.4 Å². The van der Waals surface area contributed by atoms with E-state index in [-0.39, 0.29) is 19.4 Å². The van der Waals surface area contributed by atoms with Gasteiger partial charge < -0.3 is 30.6 Å². The maximum atomic E-state index is 13.9. The minimum Gasteiger partial charge on any atom is -0.403 e. The lowest BCUT2D eigenvalue weighted by atomic mass is 9.86. The number of carbonyl (C=O) groups excluding carboxylic acids is 1. The van der Waals surface area contributed by atoms with Gasteiger partial charge in [-0.15, -0.1) is 0 Å². The van der Waals surface area contributed by atoms with E-state index >= 15 is 0 Å². The van der Waals surface area contributed by atoms with Gasteiger partial charge in [0.2, 0.25) is 5.91 Å². The number of hydrogen-bond donors (Lipinski definition) is 3. The molecule has 1 saturated heterocycles. The SMILES string of the molecule is COC1CCC(C(=O)N2Cc3cccnc3Nc3ccc(N4CCN(N)/C(=C\N)C4)cc32)CC1.[HH]. The van der Waals surface area contributed by atoms with Crippen LogP contribution in [0.25, 0.3) is 0 Å². The van der Waals surface area contributed by atoms with Crippen molar-refractivity contribution in [3.8, 4) is 0 Å². The Labute approximate surface area is 201 Å². The number of ether oxygens (including phenoxy) is 1. The Hall–Kier alpha value is -3.30. The van der Waals surface area contributed by atoms with E-state index in [0.717, 1.165) is 66.4 Å². The van der Waals surface area contributed by atoms with Crippen molar-refractivity contribution < 1.29 is 11.0 Å². The third kappa shape index (κ3) is 4.28. The zero-order chi connectivity index (χ0) is 23.7. The molecule has 0 bridgehead atoms. The van der Waals surface area contributed by atoms with Gasteiger partial charge in [0.25, 0.3) is 0 Å². The molecule has 1 aromatic heterocycles. The molecule has 9 nitrogen and oxygen atoms in total. The molecular formula is C25H35N7O2. The predicted octanol–water partition coefficient (Wildman–Crippen LogP) is 2.92. The molecule has 5 N–H and O–H groups in total. The van der Waals surface area contributed by atoms with Crippen LogP contribution in [0.4, 0.5) is 22.9 Å². The van der Waals surface area contributed by atoms with Crippen molar-refractivity contribution in [2.75, 3.05) is 41.9 Å². The van der Waals surface area contributed by atoms with E-state index < -0.39 is 0 Å². The maximum Gasteiger partial charge on any atom is 0.230 e. The number of fused-ring (bicyclic) bond motifs is 2. The number of methoxy groups -OCH3 is 1. The summed E-state index contributed by atoms with van der Waals surface area (Å²) in [5.41, 5.74) is 10.5. The summed E-state index contributed by atoms with van der Waals surface area (Å²) in [5, 5.41) is 5.15. The number of carbonyl (C=O) groups is 1.